The predicted molar refractivity (Wildman–Crippen MR) is 81.9 cm³/mol. The average molecular weight is 481 g/mol. The number of alkyl halides is 1. The number of halogens is 6. The molecule has 0 nitrogen and oxygen atoms in total. The molecule has 0 spiro atoms. The van der Waals surface area contributed by atoms with Crippen molar-refractivity contribution in [3.63, 3.8) is 0 Å². The summed E-state index contributed by atoms with van der Waals surface area (Å²) in [5, 5.41) is 0.185. The summed E-state index contributed by atoms with van der Waals surface area (Å²) in [6.07, 6.45) is 0. The first-order chi connectivity index (χ1) is 8.40. The summed E-state index contributed by atoms with van der Waals surface area (Å²) in [4.78, 5) is -0.308. The van der Waals surface area contributed by atoms with Crippen LogP contribution in [0.15, 0.2) is 25.8 Å². The van der Waals surface area contributed by atoms with Crippen LogP contribution in [0.3, 0.4) is 0 Å². The van der Waals surface area contributed by atoms with E-state index < -0.39 is 11.6 Å². The molecule has 1 aromatic heterocycles. The lowest BCUT2D eigenvalue weighted by Gasteiger charge is -2.12. The van der Waals surface area contributed by atoms with Gasteiger partial charge >= 0.3 is 0 Å². The molecule has 2 aromatic rings. The Bertz CT molecular complexity index is 600. The van der Waals surface area contributed by atoms with Gasteiger partial charge in [0.25, 0.3) is 0 Å². The first kappa shape index (κ1) is 14.9. The third-order valence-corrected chi connectivity index (χ3v) is 5.97. The fraction of sp³-hybridized carbons (Fsp3) is 0.0909. The summed E-state index contributed by atoms with van der Waals surface area (Å²) in [7, 11) is 0. The van der Waals surface area contributed by atoms with E-state index in [1.54, 1.807) is 0 Å². The number of benzene rings is 1. The van der Waals surface area contributed by atoms with Gasteiger partial charge in [-0.3, -0.25) is 0 Å². The zero-order valence-corrected chi connectivity index (χ0v) is 14.8. The molecule has 96 valence electrons. The molecular weight excluding hydrogens is 477 g/mol. The number of thiophene rings is 1. The summed E-state index contributed by atoms with van der Waals surface area (Å²) in [5.74, 6) is -1.86. The lowest BCUT2D eigenvalue weighted by Crippen LogP contribution is -1.96. The van der Waals surface area contributed by atoms with Gasteiger partial charge in [-0.25, -0.2) is 8.78 Å². The van der Waals surface area contributed by atoms with Crippen LogP contribution in [0.5, 0.6) is 0 Å². The molecule has 18 heavy (non-hydrogen) atoms. The third kappa shape index (κ3) is 2.98. The maximum atomic E-state index is 13.3. The Morgan fingerprint density at radius 3 is 2.22 bits per heavy atom. The molecule has 0 saturated carbocycles. The van der Waals surface area contributed by atoms with Crippen molar-refractivity contribution in [2.75, 3.05) is 0 Å². The fourth-order valence-electron chi connectivity index (χ4n) is 1.43. The third-order valence-electron chi connectivity index (χ3n) is 2.27. The second-order valence-electron chi connectivity index (χ2n) is 3.43. The van der Waals surface area contributed by atoms with Crippen LogP contribution >= 0.6 is 70.7 Å². The summed E-state index contributed by atoms with van der Waals surface area (Å²) >= 11 is 17.7. The molecule has 0 N–H and O–H groups in total. The van der Waals surface area contributed by atoms with E-state index in [9.17, 15) is 8.78 Å². The van der Waals surface area contributed by atoms with Crippen molar-refractivity contribution in [1.29, 1.82) is 0 Å². The van der Waals surface area contributed by atoms with Crippen molar-refractivity contribution in [2.45, 2.75) is 4.83 Å². The highest BCUT2D eigenvalue weighted by Crippen LogP contribution is 2.43. The molecule has 1 aromatic carbocycles. The second kappa shape index (κ2) is 5.87. The van der Waals surface area contributed by atoms with Crippen molar-refractivity contribution < 1.29 is 8.78 Å². The Morgan fingerprint density at radius 2 is 1.67 bits per heavy atom. The van der Waals surface area contributed by atoms with E-state index in [4.69, 9.17) is 11.6 Å². The normalized spacial score (nSPS) is 12.8. The largest absolute Gasteiger partial charge is 0.204 e. The van der Waals surface area contributed by atoms with Crippen LogP contribution in [0.1, 0.15) is 16.0 Å². The van der Waals surface area contributed by atoms with E-state index in [1.807, 2.05) is 6.07 Å². The Hall–Kier alpha value is 0.510. The van der Waals surface area contributed by atoms with Gasteiger partial charge in [-0.05, 0) is 61.2 Å². The molecule has 0 saturated heterocycles. The molecule has 0 radical (unpaired) electrons. The smallest absolute Gasteiger partial charge is 0.160 e. The highest BCUT2D eigenvalue weighted by molar-refractivity contribution is 9.12. The van der Waals surface area contributed by atoms with Gasteiger partial charge in [-0.2, -0.15) is 0 Å². The molecule has 0 aliphatic heterocycles. The second-order valence-corrected chi connectivity index (χ2v) is 8.50. The summed E-state index contributed by atoms with van der Waals surface area (Å²) < 4.78 is 28.1. The van der Waals surface area contributed by atoms with Gasteiger partial charge in [-0.15, -0.1) is 11.3 Å². The van der Waals surface area contributed by atoms with Gasteiger partial charge in [0.2, 0.25) is 0 Å². The van der Waals surface area contributed by atoms with Gasteiger partial charge in [-0.1, -0.05) is 27.5 Å². The number of rotatable bonds is 2. The van der Waals surface area contributed by atoms with Crippen LogP contribution in [0, 0.1) is 11.6 Å². The van der Waals surface area contributed by atoms with Crippen molar-refractivity contribution >= 4 is 70.7 Å². The quantitative estimate of drug-likeness (QED) is 0.331. The molecule has 0 aliphatic rings. The van der Waals surface area contributed by atoms with Crippen LogP contribution in [0.25, 0.3) is 0 Å². The van der Waals surface area contributed by atoms with Crippen molar-refractivity contribution in [3.05, 3.63) is 53.6 Å². The fourth-order valence-corrected chi connectivity index (χ4v) is 5.92. The van der Waals surface area contributed by atoms with Crippen molar-refractivity contribution in [3.8, 4) is 0 Å². The lowest BCUT2D eigenvalue weighted by atomic mass is 10.1. The maximum Gasteiger partial charge on any atom is 0.160 e. The van der Waals surface area contributed by atoms with Crippen LogP contribution in [0.4, 0.5) is 8.78 Å². The predicted octanol–water partition coefficient (Wildman–Crippen LogP) is 6.69. The van der Waals surface area contributed by atoms with Gasteiger partial charge in [0.15, 0.2) is 11.6 Å². The zero-order valence-electron chi connectivity index (χ0n) is 8.49. The zero-order chi connectivity index (χ0) is 13.4. The Labute approximate surface area is 137 Å². The number of hydrogen-bond donors (Lipinski definition) is 0. The minimum absolute atomic E-state index is 0.185. The number of hydrogen-bond acceptors (Lipinski definition) is 1. The molecule has 0 amide bonds. The Balaban J connectivity index is 2.49. The van der Waals surface area contributed by atoms with E-state index in [2.05, 4.69) is 47.8 Å². The molecule has 1 heterocycles. The average Bonchev–Trinajstić information content (AvgIpc) is 2.62. The van der Waals surface area contributed by atoms with Gasteiger partial charge in [0.05, 0.1) is 12.4 Å². The maximum absolute atomic E-state index is 13.3. The Kier molecular flexibility index (Phi) is 4.86. The van der Waals surface area contributed by atoms with E-state index >= 15 is 0 Å². The Morgan fingerprint density at radius 1 is 1.06 bits per heavy atom. The highest BCUT2D eigenvalue weighted by atomic mass is 79.9. The highest BCUT2D eigenvalue weighted by Gasteiger charge is 2.20. The van der Waals surface area contributed by atoms with Crippen molar-refractivity contribution in [2.24, 2.45) is 0 Å². The molecule has 1 atom stereocenters. The van der Waals surface area contributed by atoms with E-state index in [-0.39, 0.29) is 9.85 Å². The van der Waals surface area contributed by atoms with Crippen LogP contribution in [0.2, 0.25) is 5.02 Å². The van der Waals surface area contributed by atoms with Crippen molar-refractivity contribution in [1.82, 2.24) is 0 Å². The SMILES string of the molecule is Fc1cc(Cl)c(C(Br)c2cc(Br)sc2Br)cc1F. The summed E-state index contributed by atoms with van der Waals surface area (Å²) in [6, 6.07) is 3.98. The van der Waals surface area contributed by atoms with E-state index in [0.29, 0.717) is 5.56 Å². The molecule has 0 fully saturated rings. The van der Waals surface area contributed by atoms with Gasteiger partial charge < -0.3 is 0 Å². The van der Waals surface area contributed by atoms with E-state index in [1.165, 1.54) is 11.3 Å². The van der Waals surface area contributed by atoms with Gasteiger partial charge in [0, 0.05) is 5.02 Å². The topological polar surface area (TPSA) is 0 Å². The molecular formula is C11H4Br3ClF2S. The lowest BCUT2D eigenvalue weighted by molar-refractivity contribution is 0.507. The monoisotopic (exact) mass is 478 g/mol. The van der Waals surface area contributed by atoms with Crippen LogP contribution in [-0.2, 0) is 0 Å². The molecule has 0 aliphatic carbocycles. The summed E-state index contributed by atoms with van der Waals surface area (Å²) in [5.41, 5.74) is 1.39. The molecule has 0 bridgehead atoms. The van der Waals surface area contributed by atoms with Crippen LogP contribution < -0.4 is 0 Å². The van der Waals surface area contributed by atoms with E-state index in [0.717, 1.165) is 25.3 Å². The summed E-state index contributed by atoms with van der Waals surface area (Å²) in [6.45, 7) is 0. The van der Waals surface area contributed by atoms with Crippen LogP contribution in [-0.4, -0.2) is 0 Å². The minimum atomic E-state index is -0.950. The first-order valence-electron chi connectivity index (χ1n) is 4.63. The molecule has 7 heteroatoms. The van der Waals surface area contributed by atoms with Gasteiger partial charge in [0.1, 0.15) is 0 Å². The first-order valence-corrected chi connectivity index (χ1v) is 8.33. The minimum Gasteiger partial charge on any atom is -0.204 e. The molecule has 2 rings (SSSR count). The standard InChI is InChI=1S/C11H4Br3ClF2S/c12-9-2-5(11(14)18-9)10(13)4-1-7(16)8(17)3-6(4)15/h1-3,10H. The molecule has 1 unspecified atom stereocenters.